The van der Waals surface area contributed by atoms with E-state index in [-0.39, 0.29) is 0 Å². The molecule has 0 aromatic heterocycles. The molecule has 1 nitrogen and oxygen atoms in total. The van der Waals surface area contributed by atoms with Gasteiger partial charge < -0.3 is 0 Å². The Bertz CT molecular complexity index is 403. The number of hydrogen-bond acceptors (Lipinski definition) is 2. The number of rotatable bonds is 8. The molecule has 0 unspecified atom stereocenters. The van der Waals surface area contributed by atoms with Crippen molar-refractivity contribution < 1.29 is 4.74 Å². The van der Waals surface area contributed by atoms with Crippen LogP contribution in [0.15, 0.2) is 60.7 Å². The SMILES string of the molecule is c1ccc(COC[Se]CSCc2ccccc2)cc1. The fourth-order valence-corrected chi connectivity index (χ4v) is 4.43. The number of ether oxygens (including phenoxy) is 1. The van der Waals surface area contributed by atoms with Gasteiger partial charge in [-0.3, -0.25) is 0 Å². The summed E-state index contributed by atoms with van der Waals surface area (Å²) in [6, 6.07) is 21.0. The minimum absolute atomic E-state index is 0.578. The fraction of sp³-hybridized carbons (Fsp3) is 0.250. The van der Waals surface area contributed by atoms with Gasteiger partial charge in [0, 0.05) is 0 Å². The van der Waals surface area contributed by atoms with Crippen molar-refractivity contribution in [1.29, 1.82) is 0 Å². The molecule has 19 heavy (non-hydrogen) atoms. The van der Waals surface area contributed by atoms with Crippen molar-refractivity contribution in [3.8, 4) is 0 Å². The Hall–Kier alpha value is -0.731. The maximum absolute atomic E-state index is 5.69. The Labute approximate surface area is 125 Å². The van der Waals surface area contributed by atoms with E-state index in [9.17, 15) is 0 Å². The number of thioether (sulfide) groups is 1. The van der Waals surface area contributed by atoms with E-state index in [2.05, 4.69) is 54.6 Å². The molecule has 0 atom stereocenters. The van der Waals surface area contributed by atoms with Crippen molar-refractivity contribution in [2.75, 3.05) is 10.2 Å². The van der Waals surface area contributed by atoms with E-state index in [0.29, 0.717) is 15.0 Å². The summed E-state index contributed by atoms with van der Waals surface area (Å²) in [5.41, 5.74) is 3.58. The number of hydrogen-bond donors (Lipinski definition) is 0. The first-order valence-electron chi connectivity index (χ1n) is 6.26. The standard InChI is InChI=1S/C16H18OSSe/c1-3-7-15(8-4-1)11-17-13-19-14-18-12-16-9-5-2-6-10-16/h1-10H,11-14H2. The van der Waals surface area contributed by atoms with Crippen molar-refractivity contribution >= 4 is 26.7 Å². The van der Waals surface area contributed by atoms with Crippen LogP contribution in [0.2, 0.25) is 0 Å². The van der Waals surface area contributed by atoms with Gasteiger partial charge in [0.1, 0.15) is 0 Å². The van der Waals surface area contributed by atoms with Gasteiger partial charge in [0.05, 0.1) is 0 Å². The van der Waals surface area contributed by atoms with Gasteiger partial charge in [-0.25, -0.2) is 0 Å². The van der Waals surface area contributed by atoms with Crippen LogP contribution in [-0.4, -0.2) is 25.1 Å². The normalized spacial score (nSPS) is 10.5. The molecule has 2 aromatic carbocycles. The molecule has 0 radical (unpaired) electrons. The molecular weight excluding hydrogens is 319 g/mol. The average molecular weight is 337 g/mol. The second kappa shape index (κ2) is 9.22. The van der Waals surface area contributed by atoms with Gasteiger partial charge in [-0.15, -0.1) is 0 Å². The van der Waals surface area contributed by atoms with Crippen molar-refractivity contribution in [3.05, 3.63) is 71.8 Å². The van der Waals surface area contributed by atoms with Gasteiger partial charge in [-0.05, 0) is 0 Å². The molecule has 0 saturated heterocycles. The molecule has 0 aliphatic rings. The molecule has 0 aliphatic heterocycles. The molecule has 3 heteroatoms. The van der Waals surface area contributed by atoms with Crippen molar-refractivity contribution in [2.45, 2.75) is 12.4 Å². The summed E-state index contributed by atoms with van der Waals surface area (Å²) < 4.78 is 6.91. The van der Waals surface area contributed by atoms with Crippen LogP contribution in [0.1, 0.15) is 11.1 Å². The van der Waals surface area contributed by atoms with E-state index in [4.69, 9.17) is 4.74 Å². The fourth-order valence-electron chi connectivity index (χ4n) is 1.62. The molecule has 0 bridgehead atoms. The molecule has 0 spiro atoms. The Balaban J connectivity index is 1.49. The molecule has 0 saturated carbocycles. The second-order valence-electron chi connectivity index (χ2n) is 4.11. The molecule has 100 valence electrons. The van der Waals surface area contributed by atoms with Crippen LogP contribution < -0.4 is 0 Å². The summed E-state index contributed by atoms with van der Waals surface area (Å²) in [5, 5.41) is 0. The summed E-state index contributed by atoms with van der Waals surface area (Å²) in [6.45, 7) is 0.742. The summed E-state index contributed by atoms with van der Waals surface area (Å²) in [4.78, 5) is 0. The topological polar surface area (TPSA) is 9.23 Å². The monoisotopic (exact) mass is 338 g/mol. The average Bonchev–Trinajstić information content (AvgIpc) is 2.48. The van der Waals surface area contributed by atoms with E-state index < -0.39 is 0 Å². The van der Waals surface area contributed by atoms with E-state index in [1.165, 1.54) is 15.8 Å². The van der Waals surface area contributed by atoms with Crippen molar-refractivity contribution in [3.63, 3.8) is 0 Å². The maximum atomic E-state index is 5.69. The van der Waals surface area contributed by atoms with E-state index in [1.54, 1.807) is 0 Å². The number of benzene rings is 2. The van der Waals surface area contributed by atoms with E-state index in [0.717, 1.165) is 17.9 Å². The third-order valence-corrected chi connectivity index (χ3v) is 6.22. The minimum atomic E-state index is 0.578. The molecular formula is C16H18OSSe. The molecule has 0 N–H and O–H groups in total. The Kier molecular flexibility index (Phi) is 7.12. The Morgan fingerprint density at radius 2 is 1.47 bits per heavy atom. The van der Waals surface area contributed by atoms with Gasteiger partial charge in [0.2, 0.25) is 0 Å². The van der Waals surface area contributed by atoms with Gasteiger partial charge in [0.25, 0.3) is 0 Å². The quantitative estimate of drug-likeness (QED) is 0.536. The predicted octanol–water partition coefficient (Wildman–Crippen LogP) is 3.76. The Morgan fingerprint density at radius 1 is 0.842 bits per heavy atom. The third-order valence-electron chi connectivity index (χ3n) is 2.56. The molecule has 0 amide bonds. The predicted molar refractivity (Wildman–Crippen MR) is 84.5 cm³/mol. The van der Waals surface area contributed by atoms with E-state index >= 15 is 0 Å². The van der Waals surface area contributed by atoms with Gasteiger partial charge in [0.15, 0.2) is 0 Å². The van der Waals surface area contributed by atoms with Crippen LogP contribution in [0.4, 0.5) is 0 Å². The van der Waals surface area contributed by atoms with Crippen LogP contribution >= 0.6 is 11.8 Å². The van der Waals surface area contributed by atoms with Gasteiger partial charge in [-0.2, -0.15) is 0 Å². The zero-order valence-corrected chi connectivity index (χ0v) is 13.4. The zero-order chi connectivity index (χ0) is 13.2. The molecule has 0 fully saturated rings. The summed E-state index contributed by atoms with van der Waals surface area (Å²) >= 11 is 2.58. The molecule has 0 aliphatic carbocycles. The van der Waals surface area contributed by atoms with Gasteiger partial charge >= 0.3 is 126 Å². The molecule has 2 rings (SSSR count). The Morgan fingerprint density at radius 3 is 2.16 bits per heavy atom. The molecule has 2 aromatic rings. The van der Waals surface area contributed by atoms with Crippen LogP contribution in [0.5, 0.6) is 0 Å². The van der Waals surface area contributed by atoms with Crippen LogP contribution in [0.25, 0.3) is 0 Å². The second-order valence-corrected chi connectivity index (χ2v) is 7.88. The van der Waals surface area contributed by atoms with E-state index in [1.807, 2.05) is 17.8 Å². The summed E-state index contributed by atoms with van der Waals surface area (Å²) in [7, 11) is 0. The van der Waals surface area contributed by atoms with Crippen molar-refractivity contribution in [1.82, 2.24) is 0 Å². The van der Waals surface area contributed by atoms with Crippen LogP contribution in [-0.2, 0) is 17.1 Å². The summed E-state index contributed by atoms with van der Waals surface area (Å²) in [6.07, 6.45) is 0. The summed E-state index contributed by atoms with van der Waals surface area (Å²) in [5.74, 6) is 1.11. The van der Waals surface area contributed by atoms with Crippen LogP contribution in [0, 0.1) is 0 Å². The first kappa shape index (κ1) is 14.7. The van der Waals surface area contributed by atoms with Crippen molar-refractivity contribution in [2.24, 2.45) is 0 Å². The first-order valence-corrected chi connectivity index (χ1v) is 9.84. The molecule has 0 heterocycles. The third kappa shape index (κ3) is 6.31. The van der Waals surface area contributed by atoms with Gasteiger partial charge in [-0.1, -0.05) is 0 Å². The van der Waals surface area contributed by atoms with Crippen LogP contribution in [0.3, 0.4) is 0 Å². The zero-order valence-electron chi connectivity index (χ0n) is 10.8. The first-order chi connectivity index (χ1) is 9.45.